The van der Waals surface area contributed by atoms with Crippen molar-refractivity contribution in [2.45, 2.75) is 39.2 Å². The van der Waals surface area contributed by atoms with E-state index in [1.807, 2.05) is 20.8 Å². The molecule has 1 atom stereocenters. The van der Waals surface area contributed by atoms with E-state index in [1.54, 1.807) is 16.9 Å². The summed E-state index contributed by atoms with van der Waals surface area (Å²) in [6.07, 6.45) is 2.18. The molecule has 8 nitrogen and oxygen atoms in total. The van der Waals surface area contributed by atoms with Crippen molar-refractivity contribution in [3.8, 4) is 0 Å². The molecule has 1 aliphatic heterocycles. The Morgan fingerprint density at radius 2 is 2.21 bits per heavy atom. The minimum Gasteiger partial charge on any atom is -0.305 e. The van der Waals surface area contributed by atoms with Crippen LogP contribution < -0.4 is 5.32 Å². The quantitative estimate of drug-likeness (QED) is 0.870. The molecule has 0 radical (unpaired) electrons. The summed E-state index contributed by atoms with van der Waals surface area (Å²) in [5.74, 6) is 0.445. The third-order valence-corrected chi connectivity index (χ3v) is 5.83. The maximum absolute atomic E-state index is 12.6. The fourth-order valence-electron chi connectivity index (χ4n) is 2.84. The van der Waals surface area contributed by atoms with Crippen molar-refractivity contribution >= 4 is 21.6 Å². The molecule has 1 aliphatic rings. The Hall–Kier alpha value is -2.16. The number of sulfone groups is 1. The van der Waals surface area contributed by atoms with E-state index in [0.29, 0.717) is 23.5 Å². The number of hydrogen-bond donors (Lipinski definition) is 2. The summed E-state index contributed by atoms with van der Waals surface area (Å²) in [7, 11) is -3.01. The Morgan fingerprint density at radius 1 is 1.46 bits per heavy atom. The normalized spacial score (nSPS) is 19.8. The lowest BCUT2D eigenvalue weighted by Gasteiger charge is -2.07. The number of anilines is 1. The molecule has 3 heterocycles. The minimum absolute atomic E-state index is 0.0472. The van der Waals surface area contributed by atoms with Crippen LogP contribution in [0.1, 0.15) is 54.0 Å². The fraction of sp³-hybridized carbons (Fsp3) is 0.533. The van der Waals surface area contributed by atoms with Gasteiger partial charge >= 0.3 is 0 Å². The second-order valence-corrected chi connectivity index (χ2v) is 8.74. The van der Waals surface area contributed by atoms with Crippen molar-refractivity contribution in [2.24, 2.45) is 0 Å². The maximum atomic E-state index is 12.6. The predicted molar refractivity (Wildman–Crippen MR) is 89.9 cm³/mol. The van der Waals surface area contributed by atoms with E-state index in [9.17, 15) is 13.2 Å². The van der Waals surface area contributed by atoms with Crippen molar-refractivity contribution in [2.75, 3.05) is 16.8 Å². The van der Waals surface area contributed by atoms with Crippen molar-refractivity contribution in [3.63, 3.8) is 0 Å². The summed E-state index contributed by atoms with van der Waals surface area (Å²) in [6.45, 7) is 5.75. The Morgan fingerprint density at radius 3 is 2.75 bits per heavy atom. The Balaban J connectivity index is 1.87. The van der Waals surface area contributed by atoms with Crippen LogP contribution in [0.15, 0.2) is 12.3 Å². The van der Waals surface area contributed by atoms with Crippen LogP contribution in [0.3, 0.4) is 0 Å². The van der Waals surface area contributed by atoms with E-state index in [-0.39, 0.29) is 29.4 Å². The topological polar surface area (TPSA) is 110 Å². The zero-order valence-corrected chi connectivity index (χ0v) is 14.7. The van der Waals surface area contributed by atoms with Crippen LogP contribution in [-0.4, -0.2) is 45.8 Å². The average Bonchev–Trinajstić information content (AvgIpc) is 3.17. The molecule has 2 aromatic heterocycles. The van der Waals surface area contributed by atoms with Gasteiger partial charge in [-0.05, 0) is 19.3 Å². The Bertz CT molecular complexity index is 866. The SMILES string of the molecule is Cc1cc(NC(=O)c2cn([C@H]3CCS(=O)(=O)C3)nc2C(C)C)n[nH]1. The standard InChI is InChI=1S/C15H21N5O3S/c1-9(2)14-12(15(21)16-13-6-10(3)17-18-13)7-20(19-14)11-4-5-24(22,23)8-11/h6-7,9,11H,4-5,8H2,1-3H3,(H2,16,17,18,21)/t11-/m0/s1. The molecule has 0 aliphatic carbocycles. The van der Waals surface area contributed by atoms with Gasteiger partial charge in [-0.2, -0.15) is 10.2 Å². The van der Waals surface area contributed by atoms with E-state index < -0.39 is 9.84 Å². The van der Waals surface area contributed by atoms with Gasteiger partial charge in [0, 0.05) is 18.0 Å². The van der Waals surface area contributed by atoms with Gasteiger partial charge in [-0.25, -0.2) is 8.42 Å². The Kier molecular flexibility index (Phi) is 4.20. The van der Waals surface area contributed by atoms with Crippen LogP contribution in [0.2, 0.25) is 0 Å². The number of nitrogens with zero attached hydrogens (tertiary/aromatic N) is 3. The smallest absolute Gasteiger partial charge is 0.260 e. The van der Waals surface area contributed by atoms with Crippen molar-refractivity contribution in [3.05, 3.63) is 29.2 Å². The number of rotatable bonds is 4. The number of hydrogen-bond acceptors (Lipinski definition) is 5. The molecule has 130 valence electrons. The van der Waals surface area contributed by atoms with Crippen LogP contribution in [0.4, 0.5) is 5.82 Å². The van der Waals surface area contributed by atoms with Crippen LogP contribution in [0.25, 0.3) is 0 Å². The first-order valence-corrected chi connectivity index (χ1v) is 9.70. The highest BCUT2D eigenvalue weighted by Gasteiger charge is 2.31. The fourth-order valence-corrected chi connectivity index (χ4v) is 4.55. The molecule has 0 spiro atoms. The van der Waals surface area contributed by atoms with Gasteiger partial charge in [-0.15, -0.1) is 0 Å². The first-order valence-electron chi connectivity index (χ1n) is 7.88. The summed E-state index contributed by atoms with van der Waals surface area (Å²) < 4.78 is 25.0. The highest BCUT2D eigenvalue weighted by atomic mass is 32.2. The molecule has 0 aromatic carbocycles. The summed E-state index contributed by atoms with van der Waals surface area (Å²) in [5, 5.41) is 14.0. The molecule has 0 saturated carbocycles. The third kappa shape index (κ3) is 3.35. The van der Waals surface area contributed by atoms with Gasteiger partial charge in [0.25, 0.3) is 5.91 Å². The molecule has 2 N–H and O–H groups in total. The Labute approximate surface area is 140 Å². The van der Waals surface area contributed by atoms with Crippen molar-refractivity contribution < 1.29 is 13.2 Å². The lowest BCUT2D eigenvalue weighted by Crippen LogP contribution is -2.14. The lowest BCUT2D eigenvalue weighted by molar-refractivity contribution is 0.102. The number of aromatic amines is 1. The second kappa shape index (κ2) is 6.04. The molecule has 0 unspecified atom stereocenters. The summed E-state index contributed by atoms with van der Waals surface area (Å²) >= 11 is 0. The van der Waals surface area contributed by atoms with E-state index in [1.165, 1.54) is 0 Å². The number of aromatic nitrogens is 4. The highest BCUT2D eigenvalue weighted by Crippen LogP contribution is 2.26. The summed E-state index contributed by atoms with van der Waals surface area (Å²) in [6, 6.07) is 1.53. The van der Waals surface area contributed by atoms with Crippen LogP contribution in [-0.2, 0) is 9.84 Å². The molecule has 1 saturated heterocycles. The highest BCUT2D eigenvalue weighted by molar-refractivity contribution is 7.91. The molecule has 24 heavy (non-hydrogen) atoms. The molecule has 0 bridgehead atoms. The van der Waals surface area contributed by atoms with Gasteiger partial charge in [-0.3, -0.25) is 14.6 Å². The first kappa shape index (κ1) is 16.7. The number of carbonyl (C=O) groups is 1. The minimum atomic E-state index is -3.01. The number of aryl methyl sites for hydroxylation is 1. The first-order chi connectivity index (χ1) is 11.2. The molecular formula is C15H21N5O3S. The number of nitrogens with one attached hydrogen (secondary N) is 2. The molecule has 1 fully saturated rings. The second-order valence-electron chi connectivity index (χ2n) is 6.51. The van der Waals surface area contributed by atoms with Crippen molar-refractivity contribution in [1.82, 2.24) is 20.0 Å². The molecule has 3 rings (SSSR count). The average molecular weight is 351 g/mol. The summed E-state index contributed by atoms with van der Waals surface area (Å²) in [4.78, 5) is 12.6. The van der Waals surface area contributed by atoms with Gasteiger partial charge in [0.15, 0.2) is 15.7 Å². The zero-order chi connectivity index (χ0) is 17.5. The van der Waals surface area contributed by atoms with Gasteiger partial charge < -0.3 is 5.32 Å². The molecule has 1 amide bonds. The summed E-state index contributed by atoms with van der Waals surface area (Å²) in [5.41, 5.74) is 1.96. The molecule has 9 heteroatoms. The molecular weight excluding hydrogens is 330 g/mol. The number of carbonyl (C=O) groups excluding carboxylic acids is 1. The van der Waals surface area contributed by atoms with Crippen LogP contribution in [0.5, 0.6) is 0 Å². The largest absolute Gasteiger partial charge is 0.305 e. The van der Waals surface area contributed by atoms with Gasteiger partial charge in [0.2, 0.25) is 0 Å². The van der Waals surface area contributed by atoms with E-state index >= 15 is 0 Å². The van der Waals surface area contributed by atoms with E-state index in [2.05, 4.69) is 20.6 Å². The van der Waals surface area contributed by atoms with Crippen LogP contribution >= 0.6 is 0 Å². The van der Waals surface area contributed by atoms with Gasteiger partial charge in [-0.1, -0.05) is 13.8 Å². The zero-order valence-electron chi connectivity index (χ0n) is 13.9. The monoisotopic (exact) mass is 351 g/mol. The number of amides is 1. The van der Waals surface area contributed by atoms with Crippen LogP contribution in [0, 0.1) is 6.92 Å². The third-order valence-electron chi connectivity index (χ3n) is 4.08. The maximum Gasteiger partial charge on any atom is 0.260 e. The van der Waals surface area contributed by atoms with E-state index in [0.717, 1.165) is 5.69 Å². The van der Waals surface area contributed by atoms with Crippen molar-refractivity contribution in [1.29, 1.82) is 0 Å². The number of H-pyrrole nitrogens is 1. The van der Waals surface area contributed by atoms with E-state index in [4.69, 9.17) is 0 Å². The lowest BCUT2D eigenvalue weighted by atomic mass is 10.1. The predicted octanol–water partition coefficient (Wildman–Crippen LogP) is 1.65. The molecule has 2 aromatic rings. The van der Waals surface area contributed by atoms with Gasteiger partial charge in [0.1, 0.15) is 0 Å². The van der Waals surface area contributed by atoms with Gasteiger partial charge in [0.05, 0.1) is 28.8 Å².